The molecule has 2 aromatic rings. The number of aliphatic hydroxyl groups is 2. The van der Waals surface area contributed by atoms with E-state index in [1.165, 1.54) is 0 Å². The van der Waals surface area contributed by atoms with Crippen LogP contribution in [0.3, 0.4) is 0 Å². The third-order valence-corrected chi connectivity index (χ3v) is 9.11. The number of hydrogen-bond donors (Lipinski definition) is 5. The van der Waals surface area contributed by atoms with Gasteiger partial charge in [-0.25, -0.2) is 4.98 Å². The van der Waals surface area contributed by atoms with E-state index in [1.807, 2.05) is 0 Å². The number of aliphatic hydroxyl groups excluding tert-OH is 2. The molecule has 0 saturated carbocycles. The first-order valence-corrected chi connectivity index (χ1v) is 13.3. The maximum absolute atomic E-state index is 11.8. The number of imidazole rings is 1. The Kier molecular flexibility index (Phi) is 14.3. The van der Waals surface area contributed by atoms with Crippen LogP contribution < -0.4 is 115 Å². The molecule has 0 amide bonds. The summed E-state index contributed by atoms with van der Waals surface area (Å²) in [5, 5.41) is 20.4. The van der Waals surface area contributed by atoms with Crippen molar-refractivity contribution in [3.05, 3.63) is 16.7 Å². The van der Waals surface area contributed by atoms with E-state index in [0.717, 1.165) is 10.9 Å². The Morgan fingerprint density at radius 2 is 1.77 bits per heavy atom. The van der Waals surface area contributed by atoms with E-state index in [2.05, 4.69) is 23.8 Å². The fourth-order valence-corrected chi connectivity index (χ4v) is 6.97. The first kappa shape index (κ1) is 36.5. The van der Waals surface area contributed by atoms with Crippen LogP contribution in [0.25, 0.3) is 11.2 Å². The maximum Gasteiger partial charge on any atom is 1.00 e. The number of phosphoric ester groups is 1. The summed E-state index contributed by atoms with van der Waals surface area (Å²) in [4.78, 5) is 64.0. The SMILES string of the molecule is Nc1nc2c(ncn2[C@@H]2O[C@H](COP(=O)([O-])OP(=O)([O-])CP(=O)([O-])O)[C@@H](O)[C@H]2O)c(=O)[nH]1.[Na+].[Na+].[Na+]. The average Bonchev–Trinajstić information content (AvgIpc) is 3.12. The van der Waals surface area contributed by atoms with Crippen LogP contribution in [-0.4, -0.2) is 65.4 Å². The second-order valence-electron chi connectivity index (χ2n) is 6.54. The third-order valence-electron chi connectivity index (χ3n) is 4.04. The summed E-state index contributed by atoms with van der Waals surface area (Å²) in [6.45, 7) is -1.06. The number of ether oxygens (including phenoxy) is 1. The van der Waals surface area contributed by atoms with E-state index in [4.69, 9.17) is 15.4 Å². The fourth-order valence-electron chi connectivity index (χ4n) is 2.81. The van der Waals surface area contributed by atoms with Crippen molar-refractivity contribution in [2.75, 3.05) is 18.2 Å². The average molecular weight is 587 g/mol. The van der Waals surface area contributed by atoms with Gasteiger partial charge in [0.25, 0.3) is 13.4 Å². The number of phosphoric acid groups is 1. The third kappa shape index (κ3) is 9.57. The molecule has 18 nitrogen and oxygen atoms in total. The number of aromatic amines is 1. The molecule has 2 aromatic heterocycles. The van der Waals surface area contributed by atoms with Gasteiger partial charge in [-0.3, -0.25) is 23.2 Å². The monoisotopic (exact) mass is 587 g/mol. The standard InChI is InChI=1S/C11H18N5O13P3.3Na/c12-11-14-8-5(9(19)15-11)13-2-16(8)10-7(18)6(17)4(28-10)1-27-32(25,26)29-31(23,24)3-30(20,21)22;;;/h2,4,6-7,10,17-18H,1,3H2,(H,23,24)(H,25,26)(H2,20,21,22)(H3,12,14,15,19);;;/q;3*+1/p-3/t4-,6-,7-,10-;;;/m1.../s1. The van der Waals surface area contributed by atoms with Crippen LogP contribution in [0.4, 0.5) is 5.95 Å². The van der Waals surface area contributed by atoms with Crippen LogP contribution >= 0.6 is 23.0 Å². The van der Waals surface area contributed by atoms with Gasteiger partial charge >= 0.3 is 88.7 Å². The Balaban J connectivity index is 0.00000385. The summed E-state index contributed by atoms with van der Waals surface area (Å²) in [7, 11) is -16.7. The molecule has 7 atom stereocenters. The molecule has 0 bridgehead atoms. The second-order valence-corrected chi connectivity index (χ2v) is 12.0. The van der Waals surface area contributed by atoms with Crippen molar-refractivity contribution >= 4 is 40.1 Å². The topological polar surface area (TPSA) is 298 Å². The van der Waals surface area contributed by atoms with Crippen molar-refractivity contribution < 1.29 is 146 Å². The molecule has 3 heterocycles. The molecule has 0 aliphatic carbocycles. The quantitative estimate of drug-likeness (QED) is 0.141. The number of aromatic nitrogens is 4. The summed E-state index contributed by atoms with van der Waals surface area (Å²) in [6.07, 6.45) is -5.43. The number of nitrogen functional groups attached to an aromatic ring is 1. The molecule has 1 aliphatic rings. The second kappa shape index (κ2) is 13.7. The number of nitrogens with zero attached hydrogens (tertiary/aromatic N) is 3. The zero-order chi connectivity index (χ0) is 24.1. The van der Waals surface area contributed by atoms with Gasteiger partial charge in [0.05, 0.1) is 18.8 Å². The van der Waals surface area contributed by atoms with Crippen LogP contribution in [-0.2, 0) is 27.3 Å². The maximum atomic E-state index is 11.8. The van der Waals surface area contributed by atoms with E-state index in [9.17, 15) is 43.4 Å². The van der Waals surface area contributed by atoms with Gasteiger partial charge in [0, 0.05) is 0 Å². The van der Waals surface area contributed by atoms with Gasteiger partial charge in [-0.15, -0.1) is 0 Å². The first-order chi connectivity index (χ1) is 14.6. The van der Waals surface area contributed by atoms with Crippen molar-refractivity contribution in [3.63, 3.8) is 0 Å². The van der Waals surface area contributed by atoms with Gasteiger partial charge < -0.3 is 53.9 Å². The van der Waals surface area contributed by atoms with E-state index < -0.39 is 65.6 Å². The summed E-state index contributed by atoms with van der Waals surface area (Å²) in [5.41, 5.74) is 4.47. The molecule has 1 aliphatic heterocycles. The largest absolute Gasteiger partial charge is 1.00 e. The molecule has 6 N–H and O–H groups in total. The number of hydrogen-bond acceptors (Lipinski definition) is 15. The molecule has 0 aromatic carbocycles. The molecule has 1 fully saturated rings. The number of H-pyrrole nitrogens is 1. The molecular formula is C11H15N5Na3O13P3. The van der Waals surface area contributed by atoms with Crippen LogP contribution in [0.5, 0.6) is 0 Å². The molecule has 180 valence electrons. The molecular weight excluding hydrogens is 572 g/mol. The zero-order valence-electron chi connectivity index (χ0n) is 18.5. The zero-order valence-corrected chi connectivity index (χ0v) is 27.2. The minimum Gasteiger partial charge on any atom is -0.778 e. The number of nitrogens with one attached hydrogen (secondary N) is 1. The summed E-state index contributed by atoms with van der Waals surface area (Å²) < 4.78 is 48.1. The number of fused-ring (bicyclic) bond motifs is 1. The van der Waals surface area contributed by atoms with Gasteiger partial charge in [-0.2, -0.15) is 4.98 Å². The number of rotatable bonds is 8. The van der Waals surface area contributed by atoms with Gasteiger partial charge in [0.1, 0.15) is 25.9 Å². The first-order valence-electron chi connectivity index (χ1n) is 8.32. The Morgan fingerprint density at radius 1 is 1.17 bits per heavy atom. The van der Waals surface area contributed by atoms with Crippen molar-refractivity contribution in [3.8, 4) is 0 Å². The summed E-state index contributed by atoms with van der Waals surface area (Å²) in [6, 6.07) is 0. The fraction of sp³-hybridized carbons (Fsp3) is 0.545. The van der Waals surface area contributed by atoms with Crippen molar-refractivity contribution in [2.45, 2.75) is 24.5 Å². The Labute approximate surface area is 262 Å². The van der Waals surface area contributed by atoms with Crippen LogP contribution in [0.1, 0.15) is 6.23 Å². The molecule has 35 heavy (non-hydrogen) atoms. The number of anilines is 1. The predicted octanol–water partition coefficient (Wildman–Crippen LogP) is -13.1. The van der Waals surface area contributed by atoms with Crippen molar-refractivity contribution in [1.82, 2.24) is 19.5 Å². The van der Waals surface area contributed by atoms with Gasteiger partial charge in [-0.05, 0) is 0 Å². The summed E-state index contributed by atoms with van der Waals surface area (Å²) >= 11 is 0. The molecule has 3 unspecified atom stereocenters. The van der Waals surface area contributed by atoms with Gasteiger partial charge in [-0.1, -0.05) is 0 Å². The van der Waals surface area contributed by atoms with E-state index >= 15 is 0 Å². The molecule has 24 heteroatoms. The van der Waals surface area contributed by atoms with Crippen LogP contribution in [0.2, 0.25) is 0 Å². The molecule has 3 rings (SSSR count). The van der Waals surface area contributed by atoms with E-state index in [0.29, 0.717) is 0 Å². The normalized spacial score (nSPS) is 26.9. The minimum absolute atomic E-state index is 0. The van der Waals surface area contributed by atoms with Crippen LogP contribution in [0, 0.1) is 0 Å². The van der Waals surface area contributed by atoms with Crippen molar-refractivity contribution in [2.24, 2.45) is 0 Å². The van der Waals surface area contributed by atoms with E-state index in [-0.39, 0.29) is 106 Å². The van der Waals surface area contributed by atoms with Crippen molar-refractivity contribution in [1.29, 1.82) is 0 Å². The Hall–Kier alpha value is 1.48. The molecule has 1 saturated heterocycles. The minimum atomic E-state index is -5.69. The van der Waals surface area contributed by atoms with Gasteiger partial charge in [0.15, 0.2) is 25.0 Å². The molecule has 0 spiro atoms. The van der Waals surface area contributed by atoms with E-state index in [1.54, 1.807) is 0 Å². The predicted molar refractivity (Wildman–Crippen MR) is 95.4 cm³/mol. The number of nitrogens with two attached hydrogens (primary N) is 1. The smallest absolute Gasteiger partial charge is 0.778 e. The molecule has 0 radical (unpaired) electrons. The Morgan fingerprint density at radius 3 is 2.34 bits per heavy atom. The van der Waals surface area contributed by atoms with Gasteiger partial charge in [0.2, 0.25) is 5.95 Å². The Bertz CT molecular complexity index is 1220. The van der Waals surface area contributed by atoms with Crippen LogP contribution in [0.15, 0.2) is 11.1 Å². The summed E-state index contributed by atoms with van der Waals surface area (Å²) in [5.74, 6) is -2.28.